The number of nitro groups is 1. The van der Waals surface area contributed by atoms with Gasteiger partial charge < -0.3 is 0 Å². The number of rotatable bonds is 4. The Morgan fingerprint density at radius 1 is 1.53 bits per heavy atom. The molecule has 1 aromatic carbocycles. The van der Waals surface area contributed by atoms with Crippen molar-refractivity contribution in [2.75, 3.05) is 0 Å². The van der Waals surface area contributed by atoms with E-state index in [4.69, 9.17) is 0 Å². The fourth-order valence-corrected chi connectivity index (χ4v) is 1.96. The lowest BCUT2D eigenvalue weighted by Gasteiger charge is -2.07. The van der Waals surface area contributed by atoms with Crippen molar-refractivity contribution in [1.29, 1.82) is 0 Å². The van der Waals surface area contributed by atoms with E-state index in [1.807, 2.05) is 13.0 Å². The van der Waals surface area contributed by atoms with Crippen molar-refractivity contribution in [3.63, 3.8) is 0 Å². The zero-order valence-electron chi connectivity index (χ0n) is 8.24. The van der Waals surface area contributed by atoms with Crippen LogP contribution in [-0.2, 0) is 6.42 Å². The Balaban J connectivity index is 3.01. The van der Waals surface area contributed by atoms with Gasteiger partial charge in [0.1, 0.15) is 0 Å². The number of benzene rings is 1. The number of nitro benzene ring substituents is 1. The lowest BCUT2D eigenvalue weighted by atomic mass is 10.1. The van der Waals surface area contributed by atoms with E-state index < -0.39 is 0 Å². The number of nitrogens with zero attached hydrogens (tertiary/aromatic N) is 1. The fraction of sp³-hybridized carbons (Fsp3) is 0.400. The van der Waals surface area contributed by atoms with Crippen LogP contribution in [0.15, 0.2) is 22.7 Å². The molecule has 0 spiro atoms. The summed E-state index contributed by atoms with van der Waals surface area (Å²) in [5, 5.41) is 10.8. The van der Waals surface area contributed by atoms with E-state index in [9.17, 15) is 10.1 Å². The lowest BCUT2D eigenvalue weighted by Crippen LogP contribution is -2.03. The van der Waals surface area contributed by atoms with Crippen molar-refractivity contribution >= 4 is 37.5 Å². The largest absolute Gasteiger partial charge is 0.273 e. The van der Waals surface area contributed by atoms with Gasteiger partial charge >= 0.3 is 0 Å². The predicted octanol–water partition coefficient (Wildman–Crippen LogP) is 4.07. The van der Waals surface area contributed by atoms with Crippen LogP contribution >= 0.6 is 31.9 Å². The third-order valence-corrected chi connectivity index (χ3v) is 3.59. The molecule has 0 amide bonds. The number of halogens is 2. The Hall–Kier alpha value is -0.420. The molecule has 82 valence electrons. The molecule has 0 saturated heterocycles. The normalized spacial score (nSPS) is 12.5. The standard InChI is InChI=1S/C10H11Br2NO2/c1-2-8(11)5-7-3-4-9(12)6-10(7)13(14)15/h3-4,6,8H,2,5H2,1H3. The van der Waals surface area contributed by atoms with E-state index in [2.05, 4.69) is 31.9 Å². The monoisotopic (exact) mass is 335 g/mol. The van der Waals surface area contributed by atoms with E-state index in [-0.39, 0.29) is 15.4 Å². The van der Waals surface area contributed by atoms with Crippen molar-refractivity contribution in [2.45, 2.75) is 24.6 Å². The van der Waals surface area contributed by atoms with Crippen molar-refractivity contribution in [2.24, 2.45) is 0 Å². The van der Waals surface area contributed by atoms with Gasteiger partial charge in [-0.1, -0.05) is 44.8 Å². The summed E-state index contributed by atoms with van der Waals surface area (Å²) in [6.45, 7) is 2.05. The average molecular weight is 337 g/mol. The lowest BCUT2D eigenvalue weighted by molar-refractivity contribution is -0.385. The molecule has 0 aromatic heterocycles. The van der Waals surface area contributed by atoms with E-state index in [1.54, 1.807) is 12.1 Å². The third kappa shape index (κ3) is 3.57. The summed E-state index contributed by atoms with van der Waals surface area (Å²) >= 11 is 6.71. The van der Waals surface area contributed by atoms with Gasteiger partial charge in [0, 0.05) is 20.9 Å². The summed E-state index contributed by atoms with van der Waals surface area (Å²) in [7, 11) is 0. The van der Waals surface area contributed by atoms with Gasteiger partial charge in [0.25, 0.3) is 5.69 Å². The first kappa shape index (κ1) is 12.6. The maximum Gasteiger partial charge on any atom is 0.273 e. The van der Waals surface area contributed by atoms with Crippen molar-refractivity contribution in [3.05, 3.63) is 38.3 Å². The minimum atomic E-state index is -0.338. The van der Waals surface area contributed by atoms with Crippen LogP contribution in [0.2, 0.25) is 0 Å². The quantitative estimate of drug-likeness (QED) is 0.472. The molecule has 0 fully saturated rings. The Bertz CT molecular complexity index is 368. The SMILES string of the molecule is CCC(Br)Cc1ccc(Br)cc1[N+](=O)[O-]. The second-order valence-corrected chi connectivity index (χ2v) is 5.45. The molecule has 0 aliphatic carbocycles. The van der Waals surface area contributed by atoms with Gasteiger partial charge in [-0.3, -0.25) is 10.1 Å². The minimum absolute atomic E-state index is 0.183. The summed E-state index contributed by atoms with van der Waals surface area (Å²) in [5.74, 6) is 0. The summed E-state index contributed by atoms with van der Waals surface area (Å²) in [5.41, 5.74) is 0.953. The van der Waals surface area contributed by atoms with Crippen LogP contribution in [0.4, 0.5) is 5.69 Å². The summed E-state index contributed by atoms with van der Waals surface area (Å²) in [4.78, 5) is 10.8. The highest BCUT2D eigenvalue weighted by atomic mass is 79.9. The van der Waals surface area contributed by atoms with E-state index >= 15 is 0 Å². The zero-order valence-corrected chi connectivity index (χ0v) is 11.4. The topological polar surface area (TPSA) is 43.1 Å². The molecule has 0 heterocycles. The molecule has 1 atom stereocenters. The van der Waals surface area contributed by atoms with E-state index in [0.717, 1.165) is 16.5 Å². The molecule has 1 aromatic rings. The van der Waals surface area contributed by atoms with Gasteiger partial charge in [0.15, 0.2) is 0 Å². The first-order chi connectivity index (χ1) is 7.04. The predicted molar refractivity (Wildman–Crippen MR) is 67.5 cm³/mol. The van der Waals surface area contributed by atoms with Gasteiger partial charge in [0.2, 0.25) is 0 Å². The highest BCUT2D eigenvalue weighted by molar-refractivity contribution is 9.10. The molecule has 1 unspecified atom stereocenters. The molecule has 0 saturated carbocycles. The minimum Gasteiger partial charge on any atom is -0.258 e. The Morgan fingerprint density at radius 2 is 2.20 bits per heavy atom. The molecule has 0 aliphatic heterocycles. The van der Waals surface area contributed by atoms with Crippen molar-refractivity contribution in [3.8, 4) is 0 Å². The molecular formula is C10H11Br2NO2. The molecule has 0 bridgehead atoms. The number of alkyl halides is 1. The summed E-state index contributed by atoms with van der Waals surface area (Å²) < 4.78 is 0.737. The second-order valence-electron chi connectivity index (χ2n) is 3.24. The summed E-state index contributed by atoms with van der Waals surface area (Å²) in [6.07, 6.45) is 1.63. The number of hydrogen-bond acceptors (Lipinski definition) is 2. The summed E-state index contributed by atoms with van der Waals surface area (Å²) in [6, 6.07) is 5.18. The van der Waals surface area contributed by atoms with Crippen LogP contribution in [0.3, 0.4) is 0 Å². The molecule has 1 rings (SSSR count). The molecule has 3 nitrogen and oxygen atoms in total. The number of hydrogen-bond donors (Lipinski definition) is 0. The van der Waals surface area contributed by atoms with Crippen molar-refractivity contribution < 1.29 is 4.92 Å². The average Bonchev–Trinajstić information content (AvgIpc) is 2.20. The maximum absolute atomic E-state index is 10.8. The van der Waals surface area contributed by atoms with Crippen LogP contribution in [0, 0.1) is 10.1 Å². The molecule has 0 radical (unpaired) electrons. The van der Waals surface area contributed by atoms with Crippen LogP contribution in [0.25, 0.3) is 0 Å². The molecular weight excluding hydrogens is 326 g/mol. The molecule has 0 aliphatic rings. The van der Waals surface area contributed by atoms with E-state index in [0.29, 0.717) is 6.42 Å². The maximum atomic E-state index is 10.8. The van der Waals surface area contributed by atoms with Gasteiger partial charge in [0.05, 0.1) is 4.92 Å². The van der Waals surface area contributed by atoms with Gasteiger partial charge in [-0.25, -0.2) is 0 Å². The second kappa shape index (κ2) is 5.61. The smallest absolute Gasteiger partial charge is 0.258 e. The Kier molecular flexibility index (Phi) is 4.73. The first-order valence-electron chi connectivity index (χ1n) is 4.61. The zero-order chi connectivity index (χ0) is 11.4. The molecule has 0 N–H and O–H groups in total. The van der Waals surface area contributed by atoms with Crippen LogP contribution < -0.4 is 0 Å². The first-order valence-corrected chi connectivity index (χ1v) is 6.32. The third-order valence-electron chi connectivity index (χ3n) is 2.13. The molecule has 15 heavy (non-hydrogen) atoms. The van der Waals surface area contributed by atoms with Crippen LogP contribution in [0.5, 0.6) is 0 Å². The Morgan fingerprint density at radius 3 is 2.73 bits per heavy atom. The molecule has 5 heteroatoms. The highest BCUT2D eigenvalue weighted by Gasteiger charge is 2.16. The van der Waals surface area contributed by atoms with Crippen LogP contribution in [0.1, 0.15) is 18.9 Å². The van der Waals surface area contributed by atoms with Gasteiger partial charge in [-0.05, 0) is 18.9 Å². The van der Waals surface area contributed by atoms with Gasteiger partial charge in [-0.15, -0.1) is 0 Å². The fourth-order valence-electron chi connectivity index (χ4n) is 1.26. The van der Waals surface area contributed by atoms with E-state index in [1.165, 1.54) is 0 Å². The van der Waals surface area contributed by atoms with Gasteiger partial charge in [-0.2, -0.15) is 0 Å². The highest BCUT2D eigenvalue weighted by Crippen LogP contribution is 2.26. The Labute approximate surface area is 105 Å². The van der Waals surface area contributed by atoms with Crippen LogP contribution in [-0.4, -0.2) is 9.75 Å². The van der Waals surface area contributed by atoms with Crippen molar-refractivity contribution in [1.82, 2.24) is 0 Å².